The van der Waals surface area contributed by atoms with Gasteiger partial charge in [-0.05, 0) is 73.7 Å². The van der Waals surface area contributed by atoms with Crippen LogP contribution in [0.15, 0.2) is 66.0 Å². The predicted molar refractivity (Wildman–Crippen MR) is 138 cm³/mol. The molecule has 0 aliphatic heterocycles. The number of aryl methyl sites for hydroxylation is 1. The van der Waals surface area contributed by atoms with Crippen LogP contribution in [0.25, 0.3) is 10.9 Å². The molecule has 4 aromatic rings. The van der Waals surface area contributed by atoms with E-state index in [0.717, 1.165) is 41.3 Å². The highest BCUT2D eigenvalue weighted by Gasteiger charge is 2.18. The van der Waals surface area contributed by atoms with E-state index >= 15 is 0 Å². The summed E-state index contributed by atoms with van der Waals surface area (Å²) in [4.78, 5) is 27.7. The number of pyridine rings is 1. The van der Waals surface area contributed by atoms with Gasteiger partial charge in [0, 0.05) is 34.9 Å². The lowest BCUT2D eigenvalue weighted by molar-refractivity contribution is -0.111. The summed E-state index contributed by atoms with van der Waals surface area (Å²) in [7, 11) is 0. The number of hydrogen-bond donors (Lipinski definition) is 4. The highest BCUT2D eigenvalue weighted by Crippen LogP contribution is 2.30. The topological polar surface area (TPSA) is 128 Å². The molecule has 9 heteroatoms. The molecule has 36 heavy (non-hydrogen) atoms. The van der Waals surface area contributed by atoms with E-state index in [4.69, 9.17) is 10.1 Å². The van der Waals surface area contributed by atoms with Crippen LogP contribution in [-0.4, -0.2) is 27.2 Å². The summed E-state index contributed by atoms with van der Waals surface area (Å²) in [5.41, 5.74) is 3.65. The van der Waals surface area contributed by atoms with Crippen LogP contribution in [0.2, 0.25) is 0 Å². The lowest BCUT2D eigenvalue weighted by atomic mass is 10.1. The van der Waals surface area contributed by atoms with Gasteiger partial charge in [0.2, 0.25) is 0 Å². The summed E-state index contributed by atoms with van der Waals surface area (Å²) in [5.74, 6) is 7.58. The normalized spacial score (nSPS) is 13.0. The molecule has 9 nitrogen and oxygen atoms in total. The molecule has 0 atom stereocenters. The van der Waals surface area contributed by atoms with Crippen molar-refractivity contribution in [2.45, 2.75) is 19.8 Å². The fourth-order valence-electron chi connectivity index (χ4n) is 3.54. The molecule has 0 spiro atoms. The third-order valence-corrected chi connectivity index (χ3v) is 5.49. The van der Waals surface area contributed by atoms with Gasteiger partial charge in [0.15, 0.2) is 0 Å². The lowest BCUT2D eigenvalue weighted by Gasteiger charge is -2.13. The average molecular weight is 478 g/mol. The molecule has 4 N–H and O–H groups in total. The van der Waals surface area contributed by atoms with Crippen molar-refractivity contribution in [2.24, 2.45) is 10.9 Å². The number of rotatable bonds is 6. The number of aromatic amines is 1. The number of carbonyl (C=O) groups excluding carboxylic acids is 1. The summed E-state index contributed by atoms with van der Waals surface area (Å²) in [5, 5.41) is 14.1. The van der Waals surface area contributed by atoms with Gasteiger partial charge in [0.05, 0.1) is 5.52 Å². The minimum atomic E-state index is -0.325. The molecule has 1 amide bonds. The number of carbonyl (C=O) groups is 1. The van der Waals surface area contributed by atoms with E-state index in [-0.39, 0.29) is 5.91 Å². The first-order valence-corrected chi connectivity index (χ1v) is 11.4. The van der Waals surface area contributed by atoms with E-state index in [1.165, 1.54) is 6.33 Å². The zero-order chi connectivity index (χ0) is 24.9. The van der Waals surface area contributed by atoms with Gasteiger partial charge in [-0.1, -0.05) is 5.92 Å². The Morgan fingerprint density at radius 1 is 1.17 bits per heavy atom. The lowest BCUT2D eigenvalue weighted by Crippen LogP contribution is -2.08. The van der Waals surface area contributed by atoms with Crippen molar-refractivity contribution in [1.29, 1.82) is 5.41 Å². The number of ether oxygens (including phenoxy) is 1. The van der Waals surface area contributed by atoms with Crippen LogP contribution in [0.1, 0.15) is 18.4 Å². The smallest absolute Gasteiger partial charge is 0.300 e. The van der Waals surface area contributed by atoms with E-state index < -0.39 is 0 Å². The second-order valence-electron chi connectivity index (χ2n) is 8.33. The number of H-pyrrole nitrogens is 1. The van der Waals surface area contributed by atoms with Gasteiger partial charge in [-0.2, -0.15) is 0 Å². The maximum absolute atomic E-state index is 12.1. The molecule has 2 heterocycles. The Bertz CT molecular complexity index is 1590. The Morgan fingerprint density at radius 2 is 2.03 bits per heavy atom. The second kappa shape index (κ2) is 10.1. The van der Waals surface area contributed by atoms with Gasteiger partial charge in [0.25, 0.3) is 5.91 Å². The van der Waals surface area contributed by atoms with Crippen LogP contribution in [-0.2, 0) is 4.79 Å². The Kier molecular flexibility index (Phi) is 6.40. The molecule has 1 aliphatic carbocycles. The number of amides is 1. The van der Waals surface area contributed by atoms with E-state index in [2.05, 4.69) is 42.4 Å². The van der Waals surface area contributed by atoms with Crippen molar-refractivity contribution in [3.63, 3.8) is 0 Å². The molecule has 1 aliphatic rings. The summed E-state index contributed by atoms with van der Waals surface area (Å²) in [6, 6.07) is 14.7. The molecule has 0 saturated heterocycles. The van der Waals surface area contributed by atoms with Crippen molar-refractivity contribution >= 4 is 40.3 Å². The van der Waals surface area contributed by atoms with Gasteiger partial charge in [0.1, 0.15) is 35.5 Å². The largest absolute Gasteiger partial charge is 0.457 e. The third kappa shape index (κ3) is 5.56. The van der Waals surface area contributed by atoms with Crippen molar-refractivity contribution in [3.8, 4) is 23.3 Å². The quantitative estimate of drug-likeness (QED) is 0.182. The van der Waals surface area contributed by atoms with Crippen molar-refractivity contribution in [2.75, 3.05) is 10.6 Å². The molecule has 0 radical (unpaired) electrons. The second-order valence-corrected chi connectivity index (χ2v) is 8.33. The maximum atomic E-state index is 12.1. The maximum Gasteiger partial charge on any atom is 0.300 e. The van der Waals surface area contributed by atoms with Crippen molar-refractivity contribution in [1.82, 2.24) is 15.0 Å². The van der Waals surface area contributed by atoms with E-state index in [1.54, 1.807) is 24.4 Å². The molecule has 5 rings (SSSR count). The highest BCUT2D eigenvalue weighted by atomic mass is 16.5. The Hall–Kier alpha value is -4.97. The van der Waals surface area contributed by atoms with Gasteiger partial charge in [-0.25, -0.2) is 15.0 Å². The third-order valence-electron chi connectivity index (χ3n) is 5.49. The van der Waals surface area contributed by atoms with Crippen LogP contribution >= 0.6 is 0 Å². The first-order chi connectivity index (χ1) is 17.6. The number of hydrogen-bond acceptors (Lipinski definition) is 6. The zero-order valence-electron chi connectivity index (χ0n) is 19.5. The molecule has 1 saturated carbocycles. The molecule has 0 unspecified atom stereocenters. The minimum absolute atomic E-state index is 0.325. The van der Waals surface area contributed by atoms with E-state index in [0.29, 0.717) is 34.4 Å². The van der Waals surface area contributed by atoms with Crippen molar-refractivity contribution < 1.29 is 9.53 Å². The number of nitrogens with zero attached hydrogens (tertiary/aromatic N) is 3. The fraction of sp³-hybridized carbons (Fsp3) is 0.148. The number of fused-ring (bicyclic) bond motifs is 1. The van der Waals surface area contributed by atoms with Gasteiger partial charge >= 0.3 is 0 Å². The average Bonchev–Trinajstić information content (AvgIpc) is 3.70. The van der Waals surface area contributed by atoms with E-state index in [9.17, 15) is 4.79 Å². The standard InChI is InChI=1S/C27H23N7O2/c1-17-12-19(6-8-24(17)36-21-10-11-29-25(14-21)30-15-28)34-27-22-13-20(5-7-23(22)31-16-32-27)33-26(35)9-4-18-2-3-18/h5-8,10-16,18H,2-3H2,1H3,(H,33,35)(H2,28,29,30)(H,31,32,34). The number of aromatic nitrogens is 3. The van der Waals surface area contributed by atoms with Gasteiger partial charge in [-0.15, -0.1) is 0 Å². The fourth-order valence-corrected chi connectivity index (χ4v) is 3.54. The summed E-state index contributed by atoms with van der Waals surface area (Å²) < 4.78 is 6.00. The molecule has 178 valence electrons. The van der Waals surface area contributed by atoms with Crippen LogP contribution < -0.4 is 20.9 Å². The van der Waals surface area contributed by atoms with Crippen LogP contribution in [0, 0.1) is 30.1 Å². The summed E-state index contributed by atoms with van der Waals surface area (Å²) in [6.45, 7) is 1.95. The van der Waals surface area contributed by atoms with Crippen LogP contribution in [0.5, 0.6) is 11.5 Å². The van der Waals surface area contributed by atoms with Gasteiger partial charge in [-0.3, -0.25) is 10.2 Å². The molecular weight excluding hydrogens is 454 g/mol. The molecule has 2 aromatic heterocycles. The monoisotopic (exact) mass is 477 g/mol. The molecule has 1 fully saturated rings. The Morgan fingerprint density at radius 3 is 2.83 bits per heavy atom. The zero-order valence-corrected chi connectivity index (χ0v) is 19.5. The van der Waals surface area contributed by atoms with Gasteiger partial charge < -0.3 is 20.4 Å². The van der Waals surface area contributed by atoms with Crippen LogP contribution in [0.3, 0.4) is 0 Å². The first-order valence-electron chi connectivity index (χ1n) is 11.4. The predicted octanol–water partition coefficient (Wildman–Crippen LogP) is 4.66. The van der Waals surface area contributed by atoms with Crippen LogP contribution in [0.4, 0.5) is 17.2 Å². The SMILES string of the molecule is Cc1cc(Nc2ncnc3ccc(NC(=O)C#CC4CC4)cc23)ccc1Oc1cc[nH]/c(=N\C=N)c1. The highest BCUT2D eigenvalue weighted by molar-refractivity contribution is 6.05. The summed E-state index contributed by atoms with van der Waals surface area (Å²) >= 11 is 0. The molecular formula is C27H23N7O2. The van der Waals surface area contributed by atoms with Crippen molar-refractivity contribution in [3.05, 3.63) is 72.1 Å². The summed E-state index contributed by atoms with van der Waals surface area (Å²) in [6.07, 6.45) is 6.32. The Labute approximate surface area is 207 Å². The van der Waals surface area contributed by atoms with E-state index in [1.807, 2.05) is 37.3 Å². The molecule has 0 bridgehead atoms. The molecule has 2 aromatic carbocycles. The Balaban J connectivity index is 1.35. The number of nitrogens with one attached hydrogen (secondary N) is 4. The number of benzene rings is 2. The number of anilines is 3. The first kappa shape index (κ1) is 22.8. The minimum Gasteiger partial charge on any atom is -0.457 e.